The molecule has 7 nitrogen and oxygen atoms in total. The smallest absolute Gasteiger partial charge is 0.273 e. The highest BCUT2D eigenvalue weighted by molar-refractivity contribution is 7.89. The number of amides is 1. The number of carbonyl (C=O) groups excluding carboxylic acids is 1. The van der Waals surface area contributed by atoms with Crippen LogP contribution in [0.3, 0.4) is 0 Å². The fourth-order valence-electron chi connectivity index (χ4n) is 2.58. The van der Waals surface area contributed by atoms with Crippen LogP contribution in [0.15, 0.2) is 4.90 Å². The first-order valence-electron chi connectivity index (χ1n) is 7.15. The minimum absolute atomic E-state index is 0.111. The maximum Gasteiger partial charge on any atom is 0.273 e. The summed E-state index contributed by atoms with van der Waals surface area (Å²) in [4.78, 5) is 12.0. The molecule has 1 aromatic rings. The predicted octanol–water partition coefficient (Wildman–Crippen LogP) is 0.930. The molecule has 2 rings (SSSR count). The second-order valence-electron chi connectivity index (χ2n) is 6.02. The molecular weight excluding hydrogens is 292 g/mol. The van der Waals surface area contributed by atoms with E-state index in [1.165, 1.54) is 0 Å². The zero-order valence-corrected chi connectivity index (χ0v) is 13.2. The van der Waals surface area contributed by atoms with E-state index in [4.69, 9.17) is 5.14 Å². The standard InChI is InChI=1S/C13H22N4O3S/c1-3-5-9-11(21(14,19)20)10(17-16-9)12(18)15-8-13(2)6-4-7-13/h3-8H2,1-2H3,(H,15,18)(H,16,17)(H2,14,19,20). The Morgan fingerprint density at radius 2 is 2.14 bits per heavy atom. The van der Waals surface area contributed by atoms with Gasteiger partial charge in [0.05, 0.1) is 5.69 Å². The summed E-state index contributed by atoms with van der Waals surface area (Å²) in [5.41, 5.74) is 0.365. The number of carbonyl (C=O) groups is 1. The number of H-pyrrole nitrogens is 1. The van der Waals surface area contributed by atoms with Gasteiger partial charge in [-0.05, 0) is 24.7 Å². The van der Waals surface area contributed by atoms with Crippen molar-refractivity contribution in [3.8, 4) is 0 Å². The molecule has 1 fully saturated rings. The molecule has 0 aliphatic heterocycles. The molecule has 1 aliphatic rings. The van der Waals surface area contributed by atoms with E-state index >= 15 is 0 Å². The summed E-state index contributed by atoms with van der Waals surface area (Å²) in [6.45, 7) is 4.53. The van der Waals surface area contributed by atoms with Gasteiger partial charge < -0.3 is 5.32 Å². The average Bonchev–Trinajstić information content (AvgIpc) is 2.78. The Bertz CT molecular complexity index is 632. The number of sulfonamides is 1. The van der Waals surface area contributed by atoms with Gasteiger partial charge in [0.15, 0.2) is 5.69 Å². The first-order valence-corrected chi connectivity index (χ1v) is 8.70. The van der Waals surface area contributed by atoms with Crippen molar-refractivity contribution in [1.82, 2.24) is 15.5 Å². The van der Waals surface area contributed by atoms with Crippen molar-refractivity contribution in [2.24, 2.45) is 10.6 Å². The van der Waals surface area contributed by atoms with Gasteiger partial charge in [0.1, 0.15) is 4.90 Å². The summed E-state index contributed by atoms with van der Waals surface area (Å²) in [5.74, 6) is -0.495. The SMILES string of the molecule is CCCc1[nH]nc(C(=O)NCC2(C)CCC2)c1S(N)(=O)=O. The Labute approximate surface area is 124 Å². The Morgan fingerprint density at radius 3 is 2.62 bits per heavy atom. The van der Waals surface area contributed by atoms with E-state index in [-0.39, 0.29) is 16.0 Å². The van der Waals surface area contributed by atoms with Crippen molar-refractivity contribution in [3.63, 3.8) is 0 Å². The van der Waals surface area contributed by atoms with E-state index in [0.29, 0.717) is 18.7 Å². The molecule has 1 saturated carbocycles. The summed E-state index contributed by atoms with van der Waals surface area (Å²) in [6.07, 6.45) is 4.50. The summed E-state index contributed by atoms with van der Waals surface area (Å²) >= 11 is 0. The number of aromatic amines is 1. The number of nitrogens with one attached hydrogen (secondary N) is 2. The Kier molecular flexibility index (Phi) is 4.38. The number of rotatable bonds is 6. The zero-order chi connectivity index (χ0) is 15.7. The van der Waals surface area contributed by atoms with Crippen LogP contribution in [-0.2, 0) is 16.4 Å². The van der Waals surface area contributed by atoms with E-state index in [2.05, 4.69) is 22.4 Å². The van der Waals surface area contributed by atoms with Crippen molar-refractivity contribution >= 4 is 15.9 Å². The lowest BCUT2D eigenvalue weighted by atomic mass is 9.70. The maximum atomic E-state index is 12.2. The van der Waals surface area contributed by atoms with Crippen molar-refractivity contribution in [2.45, 2.75) is 50.8 Å². The number of hydrogen-bond donors (Lipinski definition) is 3. The largest absolute Gasteiger partial charge is 0.350 e. The molecule has 21 heavy (non-hydrogen) atoms. The third-order valence-corrected chi connectivity index (χ3v) is 5.04. The number of nitrogens with zero attached hydrogens (tertiary/aromatic N) is 1. The van der Waals surface area contributed by atoms with Crippen LogP contribution in [0.1, 0.15) is 55.7 Å². The van der Waals surface area contributed by atoms with Gasteiger partial charge in [-0.2, -0.15) is 5.10 Å². The highest BCUT2D eigenvalue weighted by Gasteiger charge is 2.33. The lowest BCUT2D eigenvalue weighted by molar-refractivity contribution is 0.0882. The predicted molar refractivity (Wildman–Crippen MR) is 78.2 cm³/mol. The molecule has 1 heterocycles. The van der Waals surface area contributed by atoms with Crippen LogP contribution in [0, 0.1) is 5.41 Å². The molecule has 118 valence electrons. The van der Waals surface area contributed by atoms with Gasteiger partial charge in [0.25, 0.3) is 5.91 Å². The van der Waals surface area contributed by atoms with Gasteiger partial charge in [-0.15, -0.1) is 0 Å². The molecule has 0 radical (unpaired) electrons. The number of primary sulfonamides is 1. The van der Waals surface area contributed by atoms with Gasteiger partial charge in [-0.1, -0.05) is 26.7 Å². The maximum absolute atomic E-state index is 12.2. The molecular formula is C13H22N4O3S. The number of nitrogens with two attached hydrogens (primary N) is 1. The minimum atomic E-state index is -3.99. The van der Waals surface area contributed by atoms with E-state index in [0.717, 1.165) is 25.7 Å². The Hall–Kier alpha value is -1.41. The first-order chi connectivity index (χ1) is 9.77. The molecule has 1 amide bonds. The normalized spacial score (nSPS) is 17.3. The summed E-state index contributed by atoms with van der Waals surface area (Å²) < 4.78 is 23.4. The van der Waals surface area contributed by atoms with Crippen LogP contribution < -0.4 is 10.5 Å². The van der Waals surface area contributed by atoms with Gasteiger partial charge in [-0.3, -0.25) is 9.89 Å². The first kappa shape index (κ1) is 16.0. The van der Waals surface area contributed by atoms with Gasteiger partial charge >= 0.3 is 0 Å². The third kappa shape index (κ3) is 3.44. The van der Waals surface area contributed by atoms with Gasteiger partial charge in [-0.25, -0.2) is 13.6 Å². The van der Waals surface area contributed by atoms with Gasteiger partial charge in [0.2, 0.25) is 10.0 Å². The van der Waals surface area contributed by atoms with E-state index < -0.39 is 15.9 Å². The van der Waals surface area contributed by atoms with Crippen LogP contribution in [0.2, 0.25) is 0 Å². The molecule has 8 heteroatoms. The van der Waals surface area contributed by atoms with Gasteiger partial charge in [0, 0.05) is 6.54 Å². The third-order valence-electron chi connectivity index (χ3n) is 4.03. The van der Waals surface area contributed by atoms with Crippen molar-refractivity contribution in [3.05, 3.63) is 11.4 Å². The number of aryl methyl sites for hydroxylation is 1. The van der Waals surface area contributed by atoms with E-state index in [9.17, 15) is 13.2 Å². The average molecular weight is 314 g/mol. The van der Waals surface area contributed by atoms with Crippen molar-refractivity contribution in [2.75, 3.05) is 6.54 Å². The van der Waals surface area contributed by atoms with E-state index in [1.54, 1.807) is 0 Å². The Morgan fingerprint density at radius 1 is 1.48 bits per heavy atom. The van der Waals surface area contributed by atoms with Crippen LogP contribution in [0.4, 0.5) is 0 Å². The lowest BCUT2D eigenvalue weighted by Gasteiger charge is -2.38. The molecule has 4 N–H and O–H groups in total. The highest BCUT2D eigenvalue weighted by Crippen LogP contribution is 2.39. The highest BCUT2D eigenvalue weighted by atomic mass is 32.2. The summed E-state index contributed by atoms with van der Waals surface area (Å²) in [5, 5.41) is 14.5. The molecule has 0 unspecified atom stereocenters. The molecule has 1 aromatic heterocycles. The summed E-state index contributed by atoms with van der Waals surface area (Å²) in [7, 11) is -3.99. The van der Waals surface area contributed by atoms with Crippen LogP contribution in [0.5, 0.6) is 0 Å². The minimum Gasteiger partial charge on any atom is -0.350 e. The number of aromatic nitrogens is 2. The Balaban J connectivity index is 2.20. The van der Waals surface area contributed by atoms with Crippen molar-refractivity contribution < 1.29 is 13.2 Å². The quantitative estimate of drug-likeness (QED) is 0.723. The second-order valence-corrected chi connectivity index (χ2v) is 7.52. The fraction of sp³-hybridized carbons (Fsp3) is 0.692. The van der Waals surface area contributed by atoms with Crippen molar-refractivity contribution in [1.29, 1.82) is 0 Å². The molecule has 1 aliphatic carbocycles. The molecule has 0 atom stereocenters. The topological polar surface area (TPSA) is 118 Å². The van der Waals surface area contributed by atoms with Crippen LogP contribution >= 0.6 is 0 Å². The fourth-order valence-corrected chi connectivity index (χ4v) is 3.48. The number of hydrogen-bond acceptors (Lipinski definition) is 4. The molecule has 0 bridgehead atoms. The van der Waals surface area contributed by atoms with Crippen LogP contribution in [-0.4, -0.2) is 31.1 Å². The van der Waals surface area contributed by atoms with Crippen LogP contribution in [0.25, 0.3) is 0 Å². The molecule has 0 aromatic carbocycles. The zero-order valence-electron chi connectivity index (χ0n) is 12.4. The van der Waals surface area contributed by atoms with E-state index in [1.807, 2.05) is 6.92 Å². The monoisotopic (exact) mass is 314 g/mol. The molecule has 0 spiro atoms. The second kappa shape index (κ2) is 5.76. The lowest BCUT2D eigenvalue weighted by Crippen LogP contribution is -2.40. The molecule has 0 saturated heterocycles. The summed E-state index contributed by atoms with van der Waals surface area (Å²) in [6, 6.07) is 0.